The fourth-order valence-corrected chi connectivity index (χ4v) is 3.94. The Balaban J connectivity index is 0.000000774. The fraction of sp³-hybridized carbons (Fsp3) is 0.824. The number of halogens is 1. The molecule has 0 aliphatic heterocycles. The zero-order chi connectivity index (χ0) is 15.8. The molecule has 0 bridgehead atoms. The normalized spacial score (nSPS) is 33.6. The lowest BCUT2D eigenvalue weighted by molar-refractivity contribution is 0.0353. The first kappa shape index (κ1) is 16.5. The van der Waals surface area contributed by atoms with Crippen molar-refractivity contribution in [2.45, 2.75) is 65.1 Å². The first-order valence-corrected chi connectivity index (χ1v) is 8.19. The predicted octanol–water partition coefficient (Wildman–Crippen LogP) is 4.28. The third kappa shape index (κ3) is 3.01. The molecule has 21 heavy (non-hydrogen) atoms. The molecular weight excluding hydrogens is 267 g/mol. The van der Waals surface area contributed by atoms with E-state index in [2.05, 4.69) is 29.7 Å². The van der Waals surface area contributed by atoms with Gasteiger partial charge in [0.1, 0.15) is 5.67 Å². The molecule has 0 N–H and O–H groups in total. The van der Waals surface area contributed by atoms with E-state index in [4.69, 9.17) is 4.74 Å². The molecule has 3 rings (SSSR count). The molecule has 2 fully saturated rings. The van der Waals surface area contributed by atoms with E-state index in [1.165, 1.54) is 5.69 Å². The topological polar surface area (TPSA) is 27.1 Å². The van der Waals surface area contributed by atoms with Gasteiger partial charge in [0.25, 0.3) is 0 Å². The van der Waals surface area contributed by atoms with E-state index in [0.717, 1.165) is 5.69 Å². The van der Waals surface area contributed by atoms with Crippen LogP contribution in [0.4, 0.5) is 4.39 Å². The van der Waals surface area contributed by atoms with Gasteiger partial charge < -0.3 is 4.74 Å². The molecule has 1 aromatic rings. The number of methoxy groups -OCH3 is 1. The van der Waals surface area contributed by atoms with E-state index < -0.39 is 5.67 Å². The standard InChI is InChI=1S/C15H23FN2O.C2H6/c1-9(2)18-13(5-10(3)17-18)14-11-6-15(16,8-19-4)7-12(11)14;1-2/h5,9,11-12,14H,6-8H2,1-4H3;1-2H3/t11-,12+,14?,15?;. The van der Waals surface area contributed by atoms with Gasteiger partial charge in [-0.25, -0.2) is 4.39 Å². The Morgan fingerprint density at radius 2 is 1.95 bits per heavy atom. The number of fused-ring (bicyclic) bond motifs is 1. The zero-order valence-electron chi connectivity index (χ0n) is 14.2. The largest absolute Gasteiger partial charge is 0.381 e. The van der Waals surface area contributed by atoms with E-state index >= 15 is 0 Å². The van der Waals surface area contributed by atoms with Gasteiger partial charge in [-0.05, 0) is 51.5 Å². The van der Waals surface area contributed by atoms with Crippen LogP contribution in [0.1, 0.15) is 63.9 Å². The van der Waals surface area contributed by atoms with Crippen LogP contribution < -0.4 is 0 Å². The summed E-state index contributed by atoms with van der Waals surface area (Å²) in [6, 6.07) is 2.55. The molecule has 0 spiro atoms. The molecule has 2 unspecified atom stereocenters. The molecule has 4 atom stereocenters. The highest BCUT2D eigenvalue weighted by Crippen LogP contribution is 2.66. The molecule has 4 heteroatoms. The van der Waals surface area contributed by atoms with Crippen LogP contribution in [-0.2, 0) is 4.74 Å². The van der Waals surface area contributed by atoms with Crippen LogP contribution in [0.3, 0.4) is 0 Å². The SMILES string of the molecule is CC.COCC1(F)C[C@@H]2C(c3cc(C)nn3C(C)C)[C@@H]2C1. The quantitative estimate of drug-likeness (QED) is 0.829. The van der Waals surface area contributed by atoms with E-state index in [1.807, 2.05) is 20.8 Å². The molecular formula is C17H29FN2O. The second-order valence-corrected chi connectivity index (χ2v) is 6.59. The molecule has 2 saturated carbocycles. The lowest BCUT2D eigenvalue weighted by Gasteiger charge is -2.22. The van der Waals surface area contributed by atoms with Crippen molar-refractivity contribution in [1.82, 2.24) is 9.78 Å². The van der Waals surface area contributed by atoms with Crippen LogP contribution in [0.15, 0.2) is 6.07 Å². The summed E-state index contributed by atoms with van der Waals surface area (Å²) in [7, 11) is 1.58. The van der Waals surface area contributed by atoms with Crippen LogP contribution in [0.2, 0.25) is 0 Å². The summed E-state index contributed by atoms with van der Waals surface area (Å²) in [5.74, 6) is 1.51. The summed E-state index contributed by atoms with van der Waals surface area (Å²) in [6.07, 6.45) is 1.30. The van der Waals surface area contributed by atoms with Crippen molar-refractivity contribution in [2.24, 2.45) is 11.8 Å². The molecule has 1 aromatic heterocycles. The maximum absolute atomic E-state index is 14.4. The minimum atomic E-state index is -1.09. The van der Waals surface area contributed by atoms with Crippen LogP contribution in [0, 0.1) is 18.8 Å². The number of aryl methyl sites for hydroxylation is 1. The molecule has 1 heterocycles. The van der Waals surface area contributed by atoms with Gasteiger partial charge in [-0.1, -0.05) is 13.8 Å². The van der Waals surface area contributed by atoms with Gasteiger partial charge in [-0.3, -0.25) is 4.68 Å². The minimum absolute atomic E-state index is 0.245. The summed E-state index contributed by atoms with van der Waals surface area (Å²) in [6.45, 7) is 10.6. The van der Waals surface area contributed by atoms with Gasteiger partial charge in [0, 0.05) is 24.8 Å². The Bertz CT molecular complexity index is 471. The zero-order valence-corrected chi connectivity index (χ0v) is 14.2. The summed E-state index contributed by atoms with van der Waals surface area (Å²) in [4.78, 5) is 0. The Labute approximate surface area is 127 Å². The smallest absolute Gasteiger partial charge is 0.134 e. The van der Waals surface area contributed by atoms with Gasteiger partial charge >= 0.3 is 0 Å². The molecule has 0 aromatic carbocycles. The first-order chi connectivity index (χ1) is 9.95. The van der Waals surface area contributed by atoms with Crippen molar-refractivity contribution >= 4 is 0 Å². The van der Waals surface area contributed by atoms with Crippen molar-refractivity contribution in [3.63, 3.8) is 0 Å². The van der Waals surface area contributed by atoms with Gasteiger partial charge in [0.05, 0.1) is 12.3 Å². The van der Waals surface area contributed by atoms with Crippen LogP contribution >= 0.6 is 0 Å². The van der Waals surface area contributed by atoms with Crippen molar-refractivity contribution in [2.75, 3.05) is 13.7 Å². The predicted molar refractivity (Wildman–Crippen MR) is 83.4 cm³/mol. The van der Waals surface area contributed by atoms with E-state index in [0.29, 0.717) is 36.6 Å². The monoisotopic (exact) mass is 296 g/mol. The van der Waals surface area contributed by atoms with Crippen molar-refractivity contribution in [3.8, 4) is 0 Å². The molecule has 0 saturated heterocycles. The van der Waals surface area contributed by atoms with Crippen LogP contribution in [0.25, 0.3) is 0 Å². The summed E-state index contributed by atoms with van der Waals surface area (Å²) in [5, 5.41) is 4.57. The molecule has 2 aliphatic rings. The van der Waals surface area contributed by atoms with Crippen molar-refractivity contribution in [3.05, 3.63) is 17.5 Å². The third-order valence-corrected chi connectivity index (χ3v) is 4.66. The van der Waals surface area contributed by atoms with Crippen LogP contribution in [-0.4, -0.2) is 29.2 Å². The van der Waals surface area contributed by atoms with Gasteiger partial charge in [-0.15, -0.1) is 0 Å². The number of nitrogens with zero attached hydrogens (tertiary/aromatic N) is 2. The van der Waals surface area contributed by atoms with E-state index in [-0.39, 0.29) is 6.61 Å². The highest BCUT2D eigenvalue weighted by Gasteiger charge is 2.63. The Kier molecular flexibility index (Phi) is 4.76. The summed E-state index contributed by atoms with van der Waals surface area (Å²) >= 11 is 0. The second-order valence-electron chi connectivity index (χ2n) is 6.59. The number of rotatable bonds is 4. The maximum Gasteiger partial charge on any atom is 0.134 e. The Morgan fingerprint density at radius 3 is 2.43 bits per heavy atom. The van der Waals surface area contributed by atoms with Crippen molar-refractivity contribution in [1.29, 1.82) is 0 Å². The van der Waals surface area contributed by atoms with Crippen molar-refractivity contribution < 1.29 is 9.13 Å². The average Bonchev–Trinajstić information content (AvgIpc) is 2.78. The van der Waals surface area contributed by atoms with E-state index in [1.54, 1.807) is 7.11 Å². The number of aromatic nitrogens is 2. The lowest BCUT2D eigenvalue weighted by Crippen LogP contribution is -2.27. The maximum atomic E-state index is 14.4. The van der Waals surface area contributed by atoms with E-state index in [9.17, 15) is 4.39 Å². The number of alkyl halides is 1. The summed E-state index contributed by atoms with van der Waals surface area (Å²) in [5.41, 5.74) is 1.29. The fourth-order valence-electron chi connectivity index (χ4n) is 3.94. The highest BCUT2D eigenvalue weighted by molar-refractivity contribution is 5.28. The van der Waals surface area contributed by atoms with Gasteiger partial charge in [0.2, 0.25) is 0 Å². The molecule has 3 nitrogen and oxygen atoms in total. The number of hydrogen-bond donors (Lipinski definition) is 0. The average molecular weight is 296 g/mol. The Morgan fingerprint density at radius 1 is 1.38 bits per heavy atom. The third-order valence-electron chi connectivity index (χ3n) is 4.66. The highest BCUT2D eigenvalue weighted by atomic mass is 19.1. The molecule has 120 valence electrons. The molecule has 0 amide bonds. The second kappa shape index (κ2) is 6.07. The number of hydrogen-bond acceptors (Lipinski definition) is 2. The number of ether oxygens (including phenoxy) is 1. The van der Waals surface area contributed by atoms with Gasteiger partial charge in [0.15, 0.2) is 0 Å². The van der Waals surface area contributed by atoms with Crippen LogP contribution in [0.5, 0.6) is 0 Å². The Hall–Kier alpha value is -0.900. The molecule has 2 aliphatic carbocycles. The minimum Gasteiger partial charge on any atom is -0.381 e. The first-order valence-electron chi connectivity index (χ1n) is 8.19. The lowest BCUT2D eigenvalue weighted by atomic mass is 9.96. The molecule has 0 radical (unpaired) electrons. The van der Waals surface area contributed by atoms with Gasteiger partial charge in [-0.2, -0.15) is 5.10 Å². The summed E-state index contributed by atoms with van der Waals surface area (Å²) < 4.78 is 21.5.